The lowest BCUT2D eigenvalue weighted by atomic mass is 10.3. The highest BCUT2D eigenvalue weighted by Gasteiger charge is 2.13. The molecular weight excluding hydrogens is 148 g/mol. The van der Waals surface area contributed by atoms with Crippen LogP contribution in [0, 0.1) is 0 Å². The highest BCUT2D eigenvalue weighted by atomic mass is 16.3. The van der Waals surface area contributed by atoms with Gasteiger partial charge in [-0.15, -0.1) is 0 Å². The number of nitrogens with one attached hydrogen (secondary N) is 1. The van der Waals surface area contributed by atoms with Gasteiger partial charge in [-0.25, -0.2) is 0 Å². The minimum absolute atomic E-state index is 0.456. The molecule has 63 valence electrons. The lowest BCUT2D eigenvalue weighted by molar-refractivity contribution is -0.122. The molecule has 0 saturated carbocycles. The summed E-state index contributed by atoms with van der Waals surface area (Å²) in [7, 11) is 0. The fourth-order valence-electron chi connectivity index (χ4n) is 0.416. The largest absolute Gasteiger partial charge is 0.394 e. The van der Waals surface area contributed by atoms with Crippen LogP contribution >= 0.6 is 0 Å². The fraction of sp³-hybridized carbons (Fsp3) is 0.667. The molecule has 2 atom stereocenters. The van der Waals surface area contributed by atoms with Crippen molar-refractivity contribution in [3.63, 3.8) is 0 Å². The third-order valence-electron chi connectivity index (χ3n) is 1.05. The number of amides is 1. The van der Waals surface area contributed by atoms with Crippen molar-refractivity contribution in [2.75, 3.05) is 6.61 Å². The summed E-state index contributed by atoms with van der Waals surface area (Å²) in [6, 6.07) is -1.65. The van der Waals surface area contributed by atoms with Gasteiger partial charge in [0.1, 0.15) is 6.04 Å². The Morgan fingerprint density at radius 2 is 2.36 bits per heavy atom. The number of carbonyl (C=O) groups is 1. The molecule has 4 N–H and O–H groups in total. The molecule has 0 aliphatic carbocycles. The van der Waals surface area contributed by atoms with E-state index >= 15 is 0 Å². The summed E-state index contributed by atoms with van der Waals surface area (Å²) in [6.45, 7) is 1.02. The molecule has 0 aromatic heterocycles. The van der Waals surface area contributed by atoms with Crippen molar-refractivity contribution in [2.45, 2.75) is 19.0 Å². The summed E-state index contributed by atoms with van der Waals surface area (Å²) in [6.07, 6.45) is 1.45. The minimum Gasteiger partial charge on any atom is -0.394 e. The Kier molecular flexibility index (Phi) is 4.40. The maximum Gasteiger partial charge on any atom is 0.237 e. The van der Waals surface area contributed by atoms with Crippen molar-refractivity contribution in [1.29, 1.82) is 0 Å². The molecule has 0 fully saturated rings. The first-order valence-corrected chi connectivity index (χ1v) is 3.16. The highest BCUT2D eigenvalue weighted by Crippen LogP contribution is 1.79. The molecule has 0 aromatic rings. The summed E-state index contributed by atoms with van der Waals surface area (Å²) in [4.78, 5) is 20.7. The van der Waals surface area contributed by atoms with Crippen LogP contribution < -0.4 is 11.1 Å². The van der Waals surface area contributed by atoms with E-state index in [1.807, 2.05) is 0 Å². The van der Waals surface area contributed by atoms with Gasteiger partial charge in [0.15, 0.2) is 0 Å². The molecule has 5 nitrogen and oxygen atoms in total. The molecule has 0 aliphatic rings. The number of aliphatic hydroxyl groups is 1. The summed E-state index contributed by atoms with van der Waals surface area (Å²) in [5.74, 6) is -0.479. The SMILES string of the molecule is C[C@H](N)C(=O)N[C@H]([C]=O)CO. The van der Waals surface area contributed by atoms with E-state index in [4.69, 9.17) is 10.8 Å². The van der Waals surface area contributed by atoms with Crippen molar-refractivity contribution in [3.8, 4) is 0 Å². The van der Waals surface area contributed by atoms with Gasteiger partial charge in [-0.05, 0) is 6.92 Å². The Morgan fingerprint density at radius 3 is 2.64 bits per heavy atom. The average molecular weight is 159 g/mol. The Bertz CT molecular complexity index is 147. The van der Waals surface area contributed by atoms with E-state index in [1.165, 1.54) is 13.2 Å². The van der Waals surface area contributed by atoms with Crippen LogP contribution in [0.15, 0.2) is 0 Å². The molecule has 0 aliphatic heterocycles. The standard InChI is InChI=1S/C6H11N2O3/c1-4(7)6(11)8-5(2-9)3-10/h4-5,9H,2,7H2,1H3,(H,8,11)/t4-,5-/m0/s1. The Hall–Kier alpha value is -0.940. The molecular formula is C6H11N2O3. The van der Waals surface area contributed by atoms with Gasteiger partial charge in [-0.3, -0.25) is 9.59 Å². The van der Waals surface area contributed by atoms with Gasteiger partial charge in [-0.2, -0.15) is 0 Å². The number of rotatable bonds is 4. The first kappa shape index (κ1) is 10.1. The zero-order chi connectivity index (χ0) is 8.85. The van der Waals surface area contributed by atoms with Gasteiger partial charge < -0.3 is 16.2 Å². The number of nitrogens with two attached hydrogens (primary N) is 1. The number of aliphatic hydroxyl groups excluding tert-OH is 1. The van der Waals surface area contributed by atoms with E-state index in [-0.39, 0.29) is 0 Å². The van der Waals surface area contributed by atoms with E-state index in [9.17, 15) is 9.59 Å². The molecule has 0 bridgehead atoms. The molecule has 0 spiro atoms. The first-order chi connectivity index (χ1) is 5.11. The normalized spacial score (nSPS) is 15.2. The van der Waals surface area contributed by atoms with Crippen molar-refractivity contribution >= 4 is 12.2 Å². The third-order valence-corrected chi connectivity index (χ3v) is 1.05. The van der Waals surface area contributed by atoms with Gasteiger partial charge in [0.25, 0.3) is 0 Å². The summed E-state index contributed by atoms with van der Waals surface area (Å²) in [5.41, 5.74) is 5.17. The number of hydrogen-bond acceptors (Lipinski definition) is 4. The van der Waals surface area contributed by atoms with E-state index in [2.05, 4.69) is 5.32 Å². The quantitative estimate of drug-likeness (QED) is 0.439. The van der Waals surface area contributed by atoms with E-state index in [0.717, 1.165) is 0 Å². The third kappa shape index (κ3) is 3.69. The van der Waals surface area contributed by atoms with Gasteiger partial charge in [-0.1, -0.05) is 0 Å². The first-order valence-electron chi connectivity index (χ1n) is 3.16. The van der Waals surface area contributed by atoms with E-state index in [1.54, 1.807) is 0 Å². The predicted octanol–water partition coefficient (Wildman–Crippen LogP) is -2.08. The summed E-state index contributed by atoms with van der Waals surface area (Å²) in [5, 5.41) is 10.6. The van der Waals surface area contributed by atoms with Gasteiger partial charge >= 0.3 is 0 Å². The molecule has 11 heavy (non-hydrogen) atoms. The second-order valence-electron chi connectivity index (χ2n) is 2.15. The van der Waals surface area contributed by atoms with Crippen molar-refractivity contribution in [3.05, 3.63) is 0 Å². The zero-order valence-corrected chi connectivity index (χ0v) is 6.20. The molecule has 0 aromatic carbocycles. The molecule has 0 heterocycles. The molecule has 0 saturated heterocycles. The molecule has 1 amide bonds. The van der Waals surface area contributed by atoms with Gasteiger partial charge in [0.2, 0.25) is 12.2 Å². The van der Waals surface area contributed by atoms with Crippen LogP contribution in [0.5, 0.6) is 0 Å². The van der Waals surface area contributed by atoms with Crippen LogP contribution in [0.25, 0.3) is 0 Å². The Morgan fingerprint density at radius 1 is 1.82 bits per heavy atom. The topological polar surface area (TPSA) is 92.4 Å². The molecule has 0 unspecified atom stereocenters. The van der Waals surface area contributed by atoms with Gasteiger partial charge in [0.05, 0.1) is 12.6 Å². The van der Waals surface area contributed by atoms with Gasteiger partial charge in [0, 0.05) is 0 Å². The average Bonchev–Trinajstić information content (AvgIpc) is 1.99. The van der Waals surface area contributed by atoms with Crippen LogP contribution in [-0.4, -0.2) is 36.0 Å². The molecule has 1 radical (unpaired) electrons. The number of carbonyl (C=O) groups excluding carboxylic acids is 2. The predicted molar refractivity (Wildman–Crippen MR) is 38.4 cm³/mol. The van der Waals surface area contributed by atoms with E-state index < -0.39 is 24.6 Å². The van der Waals surface area contributed by atoms with Crippen LogP contribution in [0.4, 0.5) is 0 Å². The zero-order valence-electron chi connectivity index (χ0n) is 6.20. The van der Waals surface area contributed by atoms with Crippen molar-refractivity contribution in [2.24, 2.45) is 5.73 Å². The number of hydrogen-bond donors (Lipinski definition) is 3. The van der Waals surface area contributed by atoms with Crippen molar-refractivity contribution < 1.29 is 14.7 Å². The van der Waals surface area contributed by atoms with Crippen LogP contribution in [0.3, 0.4) is 0 Å². The maximum atomic E-state index is 10.7. The second kappa shape index (κ2) is 4.81. The smallest absolute Gasteiger partial charge is 0.237 e. The lowest BCUT2D eigenvalue weighted by Gasteiger charge is -2.10. The van der Waals surface area contributed by atoms with Crippen LogP contribution in [0.2, 0.25) is 0 Å². The Labute approximate surface area is 64.6 Å². The van der Waals surface area contributed by atoms with Crippen LogP contribution in [0.1, 0.15) is 6.92 Å². The summed E-state index contributed by atoms with van der Waals surface area (Å²) < 4.78 is 0. The molecule has 0 rings (SSSR count). The second-order valence-corrected chi connectivity index (χ2v) is 2.15. The molecule has 5 heteroatoms. The van der Waals surface area contributed by atoms with Crippen LogP contribution in [-0.2, 0) is 9.59 Å². The van der Waals surface area contributed by atoms with Crippen molar-refractivity contribution in [1.82, 2.24) is 5.32 Å². The summed E-state index contributed by atoms with van der Waals surface area (Å²) >= 11 is 0. The minimum atomic E-state index is -0.964. The fourth-order valence-corrected chi connectivity index (χ4v) is 0.416. The van der Waals surface area contributed by atoms with E-state index in [0.29, 0.717) is 0 Å². The highest BCUT2D eigenvalue weighted by molar-refractivity contribution is 5.83. The maximum absolute atomic E-state index is 10.7. The monoisotopic (exact) mass is 159 g/mol. The Balaban J connectivity index is 3.81. The lowest BCUT2D eigenvalue weighted by Crippen LogP contribution is -2.46.